The minimum Gasteiger partial charge on any atom is -0.497 e. The van der Waals surface area contributed by atoms with Crippen molar-refractivity contribution >= 4 is 6.09 Å². The van der Waals surface area contributed by atoms with Gasteiger partial charge in [0.2, 0.25) is 0 Å². The standard InChI is InChI=1S/C23H31N3O4/c1-22(2,3)30-21(28)26-14-19(15-27)23(16-26,18-6-5-11-24-13-18)25-12-17-7-9-20(29-4)10-8-17/h5-11,13,19,25,27H,12,14-16H2,1-4H3. The fourth-order valence-electron chi connectivity index (χ4n) is 3.85. The lowest BCUT2D eigenvalue weighted by Crippen LogP contribution is -2.50. The number of ether oxygens (including phenoxy) is 2. The topological polar surface area (TPSA) is 83.9 Å². The van der Waals surface area contributed by atoms with Gasteiger partial charge in [-0.1, -0.05) is 18.2 Å². The normalized spacial score (nSPS) is 21.5. The minimum absolute atomic E-state index is 0.0657. The van der Waals surface area contributed by atoms with Crippen LogP contribution in [0.15, 0.2) is 48.8 Å². The second-order valence-electron chi connectivity index (χ2n) is 8.66. The summed E-state index contributed by atoms with van der Waals surface area (Å²) in [6.45, 7) is 6.83. The van der Waals surface area contributed by atoms with Gasteiger partial charge in [-0.2, -0.15) is 0 Å². The number of rotatable bonds is 6. The predicted molar refractivity (Wildman–Crippen MR) is 114 cm³/mol. The molecule has 2 atom stereocenters. The van der Waals surface area contributed by atoms with Crippen LogP contribution in [-0.4, -0.2) is 53.5 Å². The number of aromatic nitrogens is 1. The van der Waals surface area contributed by atoms with E-state index in [1.165, 1.54) is 0 Å². The molecule has 2 aromatic rings. The summed E-state index contributed by atoms with van der Waals surface area (Å²) >= 11 is 0. The van der Waals surface area contributed by atoms with Crippen LogP contribution in [0.1, 0.15) is 31.9 Å². The van der Waals surface area contributed by atoms with E-state index in [0.717, 1.165) is 16.9 Å². The van der Waals surface area contributed by atoms with E-state index in [0.29, 0.717) is 19.6 Å². The summed E-state index contributed by atoms with van der Waals surface area (Å²) in [6, 6.07) is 11.7. The SMILES string of the molecule is COc1ccc(CNC2(c3cccnc3)CN(C(=O)OC(C)(C)C)CC2CO)cc1. The maximum absolute atomic E-state index is 12.8. The van der Waals surface area contributed by atoms with Gasteiger partial charge in [0.15, 0.2) is 0 Å². The summed E-state index contributed by atoms with van der Waals surface area (Å²) in [6.07, 6.45) is 3.13. The molecule has 1 fully saturated rings. The molecule has 0 aliphatic carbocycles. The van der Waals surface area contributed by atoms with Gasteiger partial charge >= 0.3 is 6.09 Å². The van der Waals surface area contributed by atoms with E-state index in [9.17, 15) is 9.90 Å². The van der Waals surface area contributed by atoms with Gasteiger partial charge in [-0.05, 0) is 50.1 Å². The number of methoxy groups -OCH3 is 1. The third-order valence-electron chi connectivity index (χ3n) is 5.39. The van der Waals surface area contributed by atoms with E-state index in [1.54, 1.807) is 24.4 Å². The first-order valence-electron chi connectivity index (χ1n) is 10.1. The van der Waals surface area contributed by atoms with Gasteiger partial charge in [0.1, 0.15) is 11.4 Å². The highest BCUT2D eigenvalue weighted by molar-refractivity contribution is 5.69. The van der Waals surface area contributed by atoms with Gasteiger partial charge < -0.3 is 24.8 Å². The van der Waals surface area contributed by atoms with Gasteiger partial charge in [-0.3, -0.25) is 4.98 Å². The van der Waals surface area contributed by atoms with Gasteiger partial charge in [0.25, 0.3) is 0 Å². The number of carbonyl (C=O) groups excluding carboxylic acids is 1. The molecule has 162 valence electrons. The van der Waals surface area contributed by atoms with Gasteiger partial charge in [0.05, 0.1) is 12.6 Å². The van der Waals surface area contributed by atoms with E-state index in [4.69, 9.17) is 9.47 Å². The van der Waals surface area contributed by atoms with E-state index in [1.807, 2.05) is 57.2 Å². The van der Waals surface area contributed by atoms with E-state index < -0.39 is 11.1 Å². The van der Waals surface area contributed by atoms with Crippen molar-refractivity contribution < 1.29 is 19.4 Å². The Labute approximate surface area is 178 Å². The summed E-state index contributed by atoms with van der Waals surface area (Å²) < 4.78 is 10.8. The van der Waals surface area contributed by atoms with E-state index in [-0.39, 0.29) is 18.6 Å². The molecule has 0 spiro atoms. The molecule has 2 N–H and O–H groups in total. The first-order chi connectivity index (χ1) is 14.3. The molecule has 3 rings (SSSR count). The average Bonchev–Trinajstić information content (AvgIpc) is 3.12. The first-order valence-corrected chi connectivity index (χ1v) is 10.1. The molecule has 1 aromatic carbocycles. The zero-order chi connectivity index (χ0) is 21.8. The monoisotopic (exact) mass is 413 g/mol. The second kappa shape index (κ2) is 9.02. The molecule has 30 heavy (non-hydrogen) atoms. The largest absolute Gasteiger partial charge is 0.497 e. The molecule has 0 saturated carbocycles. The van der Waals surface area contributed by atoms with Crippen molar-refractivity contribution in [3.63, 3.8) is 0 Å². The van der Waals surface area contributed by atoms with Crippen molar-refractivity contribution in [2.75, 3.05) is 26.8 Å². The van der Waals surface area contributed by atoms with Gasteiger partial charge in [-0.25, -0.2) is 4.79 Å². The van der Waals surface area contributed by atoms with Crippen LogP contribution in [-0.2, 0) is 16.8 Å². The Balaban J connectivity index is 1.88. The van der Waals surface area contributed by atoms with E-state index in [2.05, 4.69) is 10.3 Å². The van der Waals surface area contributed by atoms with Crippen LogP contribution >= 0.6 is 0 Å². The number of benzene rings is 1. The lowest BCUT2D eigenvalue weighted by molar-refractivity contribution is 0.0276. The molecule has 1 saturated heterocycles. The third-order valence-corrected chi connectivity index (χ3v) is 5.39. The van der Waals surface area contributed by atoms with Crippen molar-refractivity contribution in [2.45, 2.75) is 38.5 Å². The fraction of sp³-hybridized carbons (Fsp3) is 0.478. The Morgan fingerprint density at radius 3 is 2.60 bits per heavy atom. The Morgan fingerprint density at radius 1 is 1.30 bits per heavy atom. The lowest BCUT2D eigenvalue weighted by Gasteiger charge is -2.35. The van der Waals surface area contributed by atoms with Crippen LogP contribution in [0.2, 0.25) is 0 Å². The molecule has 1 amide bonds. The van der Waals surface area contributed by atoms with Gasteiger partial charge in [-0.15, -0.1) is 0 Å². The van der Waals surface area contributed by atoms with Gasteiger partial charge in [0, 0.05) is 44.6 Å². The number of hydrogen-bond donors (Lipinski definition) is 2. The van der Waals surface area contributed by atoms with Crippen LogP contribution in [0.5, 0.6) is 5.75 Å². The molecule has 2 unspecified atom stereocenters. The molecule has 7 heteroatoms. The number of nitrogens with one attached hydrogen (secondary N) is 1. The quantitative estimate of drug-likeness (QED) is 0.758. The van der Waals surface area contributed by atoms with Crippen LogP contribution < -0.4 is 10.1 Å². The molecular weight excluding hydrogens is 382 g/mol. The number of aliphatic hydroxyl groups excluding tert-OH is 1. The molecule has 1 aliphatic rings. The second-order valence-corrected chi connectivity index (χ2v) is 8.66. The highest BCUT2D eigenvalue weighted by Crippen LogP contribution is 2.37. The molecule has 2 heterocycles. The Hall–Kier alpha value is -2.64. The van der Waals surface area contributed by atoms with E-state index >= 15 is 0 Å². The van der Waals surface area contributed by atoms with Crippen molar-refractivity contribution in [1.82, 2.24) is 15.2 Å². The summed E-state index contributed by atoms with van der Waals surface area (Å²) in [7, 11) is 1.64. The Kier molecular flexibility index (Phi) is 6.63. The third kappa shape index (κ3) is 4.91. The van der Waals surface area contributed by atoms with Crippen LogP contribution in [0.25, 0.3) is 0 Å². The van der Waals surface area contributed by atoms with Crippen molar-refractivity contribution in [3.8, 4) is 5.75 Å². The van der Waals surface area contributed by atoms with Crippen LogP contribution in [0.4, 0.5) is 4.79 Å². The number of nitrogens with zero attached hydrogens (tertiary/aromatic N) is 2. The molecule has 0 radical (unpaired) electrons. The highest BCUT2D eigenvalue weighted by Gasteiger charge is 2.49. The fourth-order valence-corrected chi connectivity index (χ4v) is 3.85. The number of hydrogen-bond acceptors (Lipinski definition) is 6. The molecule has 1 aliphatic heterocycles. The average molecular weight is 414 g/mol. The summed E-state index contributed by atoms with van der Waals surface area (Å²) in [5.74, 6) is 0.596. The first kappa shape index (κ1) is 22.1. The number of amides is 1. The van der Waals surface area contributed by atoms with Crippen molar-refractivity contribution in [3.05, 3.63) is 59.9 Å². The molecule has 7 nitrogen and oxygen atoms in total. The highest BCUT2D eigenvalue weighted by atomic mass is 16.6. The number of pyridine rings is 1. The lowest BCUT2D eigenvalue weighted by atomic mass is 9.81. The summed E-state index contributed by atoms with van der Waals surface area (Å²) in [5.41, 5.74) is 0.789. The van der Waals surface area contributed by atoms with Crippen molar-refractivity contribution in [1.29, 1.82) is 0 Å². The minimum atomic E-state index is -0.639. The maximum Gasteiger partial charge on any atom is 0.410 e. The molecular formula is C23H31N3O4. The number of likely N-dealkylation sites (tertiary alicyclic amines) is 1. The summed E-state index contributed by atoms with van der Waals surface area (Å²) in [5, 5.41) is 13.8. The molecule has 0 bridgehead atoms. The Bertz CT molecular complexity index is 836. The van der Waals surface area contributed by atoms with Crippen LogP contribution in [0, 0.1) is 5.92 Å². The van der Waals surface area contributed by atoms with Crippen molar-refractivity contribution in [2.24, 2.45) is 5.92 Å². The zero-order valence-electron chi connectivity index (χ0n) is 18.1. The number of carbonyl (C=O) groups is 1. The summed E-state index contributed by atoms with van der Waals surface area (Å²) in [4.78, 5) is 18.7. The molecule has 1 aromatic heterocycles. The Morgan fingerprint density at radius 2 is 2.03 bits per heavy atom. The number of aliphatic hydroxyl groups is 1. The smallest absolute Gasteiger partial charge is 0.410 e. The van der Waals surface area contributed by atoms with Crippen LogP contribution in [0.3, 0.4) is 0 Å². The maximum atomic E-state index is 12.8. The predicted octanol–water partition coefficient (Wildman–Crippen LogP) is 2.93. The zero-order valence-corrected chi connectivity index (χ0v) is 18.1.